The van der Waals surface area contributed by atoms with Crippen LogP contribution in [0.2, 0.25) is 5.02 Å². The predicted molar refractivity (Wildman–Crippen MR) is 108 cm³/mol. The molecule has 0 radical (unpaired) electrons. The number of aromatic amines is 1. The highest BCUT2D eigenvalue weighted by molar-refractivity contribution is 7.99. The Labute approximate surface area is 168 Å². The molecule has 1 saturated carbocycles. The summed E-state index contributed by atoms with van der Waals surface area (Å²) in [6.45, 7) is 0. The largest absolute Gasteiger partial charge is 0.335 e. The Kier molecular flexibility index (Phi) is 5.40. The zero-order valence-electron chi connectivity index (χ0n) is 14.9. The SMILES string of the molecule is O=C(CSc1nc2ccc(Cl)cc2[nH]1)N(C1CCCC1)[C@H]1CCS(=O)(=O)C1. The summed E-state index contributed by atoms with van der Waals surface area (Å²) in [7, 11) is -3.02. The second-order valence-electron chi connectivity index (χ2n) is 7.29. The summed E-state index contributed by atoms with van der Waals surface area (Å²) >= 11 is 7.36. The topological polar surface area (TPSA) is 83.1 Å². The quantitative estimate of drug-likeness (QED) is 0.740. The number of nitrogens with zero attached hydrogens (tertiary/aromatic N) is 2. The van der Waals surface area contributed by atoms with Gasteiger partial charge in [-0.2, -0.15) is 0 Å². The average Bonchev–Trinajstić information content (AvgIpc) is 3.33. The molecule has 1 aliphatic heterocycles. The van der Waals surface area contributed by atoms with Crippen LogP contribution in [0, 0.1) is 0 Å². The molecule has 1 atom stereocenters. The van der Waals surface area contributed by atoms with Crippen molar-refractivity contribution < 1.29 is 13.2 Å². The molecule has 1 aliphatic carbocycles. The van der Waals surface area contributed by atoms with Crippen molar-refractivity contribution in [1.29, 1.82) is 0 Å². The highest BCUT2D eigenvalue weighted by atomic mass is 35.5. The molecule has 1 aromatic heterocycles. The number of halogens is 1. The van der Waals surface area contributed by atoms with E-state index in [1.807, 2.05) is 17.0 Å². The summed E-state index contributed by atoms with van der Waals surface area (Å²) < 4.78 is 23.8. The fraction of sp³-hybridized carbons (Fsp3) is 0.556. The van der Waals surface area contributed by atoms with Crippen molar-refractivity contribution in [2.24, 2.45) is 0 Å². The maximum Gasteiger partial charge on any atom is 0.233 e. The Balaban J connectivity index is 1.47. The molecule has 9 heteroatoms. The van der Waals surface area contributed by atoms with Gasteiger partial charge in [-0.3, -0.25) is 4.79 Å². The first kappa shape index (κ1) is 19.1. The number of nitrogens with one attached hydrogen (secondary N) is 1. The van der Waals surface area contributed by atoms with Crippen LogP contribution in [0.25, 0.3) is 11.0 Å². The van der Waals surface area contributed by atoms with Crippen LogP contribution in [0.15, 0.2) is 23.4 Å². The van der Waals surface area contributed by atoms with Gasteiger partial charge >= 0.3 is 0 Å². The van der Waals surface area contributed by atoms with Crippen molar-refractivity contribution in [3.05, 3.63) is 23.2 Å². The van der Waals surface area contributed by atoms with Crippen LogP contribution in [-0.4, -0.2) is 58.5 Å². The summed E-state index contributed by atoms with van der Waals surface area (Å²) in [5.41, 5.74) is 1.65. The number of aromatic nitrogens is 2. The molecule has 6 nitrogen and oxygen atoms in total. The van der Waals surface area contributed by atoms with Gasteiger partial charge in [0.15, 0.2) is 15.0 Å². The lowest BCUT2D eigenvalue weighted by atomic mass is 10.1. The maximum atomic E-state index is 13.0. The maximum absolute atomic E-state index is 13.0. The number of hydrogen-bond donors (Lipinski definition) is 1. The Morgan fingerprint density at radius 2 is 2.04 bits per heavy atom. The number of sulfone groups is 1. The third kappa shape index (κ3) is 4.27. The van der Waals surface area contributed by atoms with Crippen molar-refractivity contribution in [1.82, 2.24) is 14.9 Å². The Morgan fingerprint density at radius 3 is 2.74 bits per heavy atom. The van der Waals surface area contributed by atoms with Gasteiger partial charge < -0.3 is 9.88 Å². The fourth-order valence-corrected chi connectivity index (χ4v) is 6.75. The molecule has 4 rings (SSSR count). The van der Waals surface area contributed by atoms with E-state index in [0.29, 0.717) is 16.6 Å². The van der Waals surface area contributed by atoms with Crippen LogP contribution >= 0.6 is 23.4 Å². The summed E-state index contributed by atoms with van der Waals surface area (Å²) in [4.78, 5) is 22.6. The second kappa shape index (κ2) is 7.64. The minimum absolute atomic E-state index is 0.00693. The Hall–Kier alpha value is -1.25. The number of thioether (sulfide) groups is 1. The summed E-state index contributed by atoms with van der Waals surface area (Å²) in [6, 6.07) is 5.43. The predicted octanol–water partition coefficient (Wildman–Crippen LogP) is 3.27. The van der Waals surface area contributed by atoms with E-state index in [-0.39, 0.29) is 35.2 Å². The zero-order valence-corrected chi connectivity index (χ0v) is 17.2. The van der Waals surface area contributed by atoms with Gasteiger partial charge in [0.25, 0.3) is 0 Å². The van der Waals surface area contributed by atoms with Gasteiger partial charge in [-0.25, -0.2) is 13.4 Å². The molecule has 2 fully saturated rings. The van der Waals surface area contributed by atoms with Crippen molar-refractivity contribution >= 4 is 50.1 Å². The molecule has 27 heavy (non-hydrogen) atoms. The van der Waals surface area contributed by atoms with E-state index in [0.717, 1.165) is 36.7 Å². The van der Waals surface area contributed by atoms with Gasteiger partial charge in [0.1, 0.15) is 0 Å². The van der Waals surface area contributed by atoms with Crippen LogP contribution in [0.1, 0.15) is 32.1 Å². The smallest absolute Gasteiger partial charge is 0.233 e. The number of benzene rings is 1. The van der Waals surface area contributed by atoms with Gasteiger partial charge in [-0.05, 0) is 37.5 Å². The van der Waals surface area contributed by atoms with Gasteiger partial charge in [-0.15, -0.1) is 0 Å². The first-order valence-electron chi connectivity index (χ1n) is 9.21. The number of rotatable bonds is 5. The van der Waals surface area contributed by atoms with Crippen LogP contribution < -0.4 is 0 Å². The number of amides is 1. The Morgan fingerprint density at radius 1 is 1.26 bits per heavy atom. The molecule has 2 aliphatic rings. The van der Waals surface area contributed by atoms with Gasteiger partial charge in [0.05, 0.1) is 28.3 Å². The van der Waals surface area contributed by atoms with Crippen LogP contribution in [-0.2, 0) is 14.6 Å². The lowest BCUT2D eigenvalue weighted by Crippen LogP contribution is -2.47. The molecule has 2 heterocycles. The molecule has 0 unspecified atom stereocenters. The monoisotopic (exact) mass is 427 g/mol. The van der Waals surface area contributed by atoms with Gasteiger partial charge in [-0.1, -0.05) is 36.2 Å². The van der Waals surface area contributed by atoms with Crippen LogP contribution in [0.4, 0.5) is 0 Å². The first-order valence-corrected chi connectivity index (χ1v) is 12.4. The first-order chi connectivity index (χ1) is 12.9. The van der Waals surface area contributed by atoms with Crippen LogP contribution in [0.3, 0.4) is 0 Å². The number of hydrogen-bond acceptors (Lipinski definition) is 5. The van der Waals surface area contributed by atoms with E-state index in [2.05, 4.69) is 9.97 Å². The van der Waals surface area contributed by atoms with E-state index in [1.54, 1.807) is 6.07 Å². The van der Waals surface area contributed by atoms with E-state index < -0.39 is 9.84 Å². The lowest BCUT2D eigenvalue weighted by Gasteiger charge is -2.34. The number of carbonyl (C=O) groups is 1. The van der Waals surface area contributed by atoms with Crippen molar-refractivity contribution in [3.63, 3.8) is 0 Å². The molecule has 1 aromatic carbocycles. The van der Waals surface area contributed by atoms with E-state index in [4.69, 9.17) is 11.6 Å². The molecule has 146 valence electrons. The molecule has 2 aromatic rings. The number of imidazole rings is 1. The van der Waals surface area contributed by atoms with Crippen molar-refractivity contribution in [3.8, 4) is 0 Å². The van der Waals surface area contributed by atoms with E-state index in [9.17, 15) is 13.2 Å². The highest BCUT2D eigenvalue weighted by Gasteiger charge is 2.38. The van der Waals surface area contributed by atoms with Gasteiger partial charge in [0, 0.05) is 17.1 Å². The number of H-pyrrole nitrogens is 1. The standard InChI is InChI=1S/C18H22ClN3O3S2/c19-12-5-6-15-16(9-12)21-18(20-15)26-10-17(23)22(13-3-1-2-4-13)14-7-8-27(24,25)11-14/h5-6,9,13-14H,1-4,7-8,10-11H2,(H,20,21)/t14-/m0/s1. The molecule has 1 saturated heterocycles. The minimum atomic E-state index is -3.02. The molecular weight excluding hydrogens is 406 g/mol. The Bertz CT molecular complexity index is 954. The lowest BCUT2D eigenvalue weighted by molar-refractivity contribution is -0.132. The molecule has 0 spiro atoms. The highest BCUT2D eigenvalue weighted by Crippen LogP contribution is 2.30. The normalized spacial score (nSPS) is 22.5. The van der Waals surface area contributed by atoms with Crippen molar-refractivity contribution in [2.75, 3.05) is 17.3 Å². The molecule has 1 N–H and O–H groups in total. The summed E-state index contributed by atoms with van der Waals surface area (Å²) in [5, 5.41) is 1.31. The zero-order chi connectivity index (χ0) is 19.0. The summed E-state index contributed by atoms with van der Waals surface area (Å²) in [5.74, 6) is 0.544. The third-order valence-corrected chi connectivity index (χ3v) is 8.21. The van der Waals surface area contributed by atoms with Gasteiger partial charge in [0.2, 0.25) is 5.91 Å². The van der Waals surface area contributed by atoms with E-state index in [1.165, 1.54) is 11.8 Å². The molecule has 0 bridgehead atoms. The fourth-order valence-electron chi connectivity index (χ4n) is 4.11. The van der Waals surface area contributed by atoms with Crippen molar-refractivity contribution in [2.45, 2.75) is 49.3 Å². The van der Waals surface area contributed by atoms with Crippen LogP contribution in [0.5, 0.6) is 0 Å². The number of carbonyl (C=O) groups excluding carboxylic acids is 1. The van der Waals surface area contributed by atoms with E-state index >= 15 is 0 Å². The third-order valence-electron chi connectivity index (χ3n) is 5.36. The molecule has 1 amide bonds. The number of fused-ring (bicyclic) bond motifs is 1. The summed E-state index contributed by atoms with van der Waals surface area (Å²) in [6.07, 6.45) is 4.70. The minimum Gasteiger partial charge on any atom is -0.335 e. The average molecular weight is 428 g/mol. The molecular formula is C18H22ClN3O3S2. The second-order valence-corrected chi connectivity index (χ2v) is 10.9.